The van der Waals surface area contributed by atoms with E-state index < -0.39 is 0 Å². The monoisotopic (exact) mass is 458 g/mol. The number of thiazole rings is 1. The van der Waals surface area contributed by atoms with Crippen LogP contribution < -0.4 is 10.1 Å². The molecule has 4 aromatic rings. The van der Waals surface area contributed by atoms with Crippen molar-refractivity contribution in [2.45, 2.75) is 6.92 Å². The van der Waals surface area contributed by atoms with Gasteiger partial charge in [0.05, 0.1) is 17.3 Å². The van der Waals surface area contributed by atoms with E-state index in [1.807, 2.05) is 42.6 Å². The summed E-state index contributed by atoms with van der Waals surface area (Å²) in [6.45, 7) is 2.54. The van der Waals surface area contributed by atoms with Crippen molar-refractivity contribution < 1.29 is 9.53 Å². The molecule has 0 aliphatic heterocycles. The van der Waals surface area contributed by atoms with Crippen LogP contribution in [0.1, 0.15) is 12.5 Å². The molecule has 0 aliphatic carbocycles. The number of halogens is 2. The number of hydrogen-bond acceptors (Lipinski definition) is 5. The van der Waals surface area contributed by atoms with E-state index in [9.17, 15) is 4.79 Å². The second kappa shape index (κ2) is 8.87. The average molecular weight is 459 g/mol. The summed E-state index contributed by atoms with van der Waals surface area (Å²) in [7, 11) is 0. The van der Waals surface area contributed by atoms with E-state index in [-0.39, 0.29) is 11.9 Å². The molecule has 2 aromatic carbocycles. The van der Waals surface area contributed by atoms with Gasteiger partial charge < -0.3 is 4.74 Å². The molecule has 30 heavy (non-hydrogen) atoms. The maximum atomic E-state index is 12.3. The summed E-state index contributed by atoms with van der Waals surface area (Å²) in [6.07, 6.45) is 3.14. The highest BCUT2D eigenvalue weighted by Crippen LogP contribution is 2.33. The molecule has 152 valence electrons. The van der Waals surface area contributed by atoms with Gasteiger partial charge in [-0.2, -0.15) is 4.98 Å². The van der Waals surface area contributed by atoms with Gasteiger partial charge >= 0.3 is 0 Å². The first-order valence-corrected chi connectivity index (χ1v) is 10.7. The number of fused-ring (bicyclic) bond motifs is 1. The molecular weight excluding hydrogens is 443 g/mol. The van der Waals surface area contributed by atoms with Gasteiger partial charge in [-0.05, 0) is 48.9 Å². The summed E-state index contributed by atoms with van der Waals surface area (Å²) in [5.74, 6) is 0.681. The van der Waals surface area contributed by atoms with Gasteiger partial charge in [-0.3, -0.25) is 10.1 Å². The van der Waals surface area contributed by atoms with Crippen LogP contribution in [0.2, 0.25) is 10.0 Å². The fourth-order valence-corrected chi connectivity index (χ4v) is 4.11. The first kappa shape index (κ1) is 20.4. The molecule has 1 amide bonds. The third-order valence-electron chi connectivity index (χ3n) is 4.14. The lowest BCUT2D eigenvalue weighted by molar-refractivity contribution is -0.111. The lowest BCUT2D eigenvalue weighted by atomic mass is 10.2. The second-order valence-corrected chi connectivity index (χ2v) is 7.88. The van der Waals surface area contributed by atoms with E-state index in [1.165, 1.54) is 17.4 Å². The summed E-state index contributed by atoms with van der Waals surface area (Å²) in [5.41, 5.74) is 2.44. The number of aromatic nitrogens is 3. The van der Waals surface area contributed by atoms with Gasteiger partial charge in [0.2, 0.25) is 4.96 Å². The van der Waals surface area contributed by atoms with Gasteiger partial charge in [0.15, 0.2) is 0 Å². The molecule has 0 saturated heterocycles. The largest absolute Gasteiger partial charge is 0.494 e. The van der Waals surface area contributed by atoms with E-state index in [0.29, 0.717) is 21.6 Å². The summed E-state index contributed by atoms with van der Waals surface area (Å²) < 4.78 is 7.05. The molecule has 0 fully saturated rings. The molecule has 9 heteroatoms. The summed E-state index contributed by atoms with van der Waals surface area (Å²) in [5, 5.41) is 10.0. The van der Waals surface area contributed by atoms with Crippen LogP contribution in [-0.2, 0) is 4.79 Å². The zero-order valence-corrected chi connectivity index (χ0v) is 18.1. The number of rotatable bonds is 6. The van der Waals surface area contributed by atoms with Crippen LogP contribution in [-0.4, -0.2) is 27.1 Å². The summed E-state index contributed by atoms with van der Waals surface area (Å²) >= 11 is 13.7. The van der Waals surface area contributed by atoms with E-state index in [0.717, 1.165) is 22.6 Å². The van der Waals surface area contributed by atoms with Crippen LogP contribution >= 0.6 is 34.5 Å². The molecule has 6 nitrogen and oxygen atoms in total. The normalized spacial score (nSPS) is 11.3. The SMILES string of the molecule is CCOc1ccc(/C=C/C(=O)Nc2nc3scc(-c4ccc(Cl)cc4Cl)n3n2)cc1. The Morgan fingerprint density at radius 3 is 2.77 bits per heavy atom. The lowest BCUT2D eigenvalue weighted by Crippen LogP contribution is -2.09. The molecule has 0 bridgehead atoms. The third-order valence-corrected chi connectivity index (χ3v) is 5.51. The van der Waals surface area contributed by atoms with E-state index in [4.69, 9.17) is 27.9 Å². The molecule has 4 rings (SSSR count). The Labute approximate surface area is 186 Å². The Morgan fingerprint density at radius 2 is 2.03 bits per heavy atom. The van der Waals surface area contributed by atoms with Crippen LogP contribution in [0, 0.1) is 0 Å². The van der Waals surface area contributed by atoms with E-state index in [2.05, 4.69) is 15.4 Å². The Kier molecular flexibility index (Phi) is 6.03. The van der Waals surface area contributed by atoms with Crippen molar-refractivity contribution in [2.75, 3.05) is 11.9 Å². The second-order valence-electron chi connectivity index (χ2n) is 6.20. The summed E-state index contributed by atoms with van der Waals surface area (Å²) in [6, 6.07) is 12.7. The molecule has 0 spiro atoms. The van der Waals surface area contributed by atoms with Crippen LogP contribution in [0.15, 0.2) is 53.9 Å². The lowest BCUT2D eigenvalue weighted by Gasteiger charge is -2.02. The van der Waals surface area contributed by atoms with Crippen molar-refractivity contribution in [3.8, 4) is 17.0 Å². The number of benzene rings is 2. The van der Waals surface area contributed by atoms with Crippen LogP contribution in [0.4, 0.5) is 5.95 Å². The first-order valence-electron chi connectivity index (χ1n) is 9.05. The molecule has 0 radical (unpaired) electrons. The van der Waals surface area contributed by atoms with Crippen molar-refractivity contribution in [1.29, 1.82) is 0 Å². The number of nitrogens with one attached hydrogen (secondary N) is 1. The molecule has 0 unspecified atom stereocenters. The van der Waals surface area contributed by atoms with Crippen LogP contribution in [0.25, 0.3) is 22.3 Å². The predicted octanol–water partition coefficient (Wildman–Crippen LogP) is 5.82. The standard InChI is InChI=1S/C21H16Cl2N4O2S/c1-2-29-15-7-3-13(4-8-15)5-10-19(28)24-20-25-21-27(26-20)18(12-30-21)16-9-6-14(22)11-17(16)23/h3-12H,2H2,1H3,(H,24,26,28)/b10-5+. The minimum atomic E-state index is -0.326. The molecule has 0 atom stereocenters. The Balaban J connectivity index is 1.49. The molecule has 0 aliphatic rings. The highest BCUT2D eigenvalue weighted by Gasteiger charge is 2.14. The Hall–Kier alpha value is -2.87. The van der Waals surface area contributed by atoms with Crippen LogP contribution in [0.5, 0.6) is 5.75 Å². The van der Waals surface area contributed by atoms with Crippen molar-refractivity contribution in [2.24, 2.45) is 0 Å². The van der Waals surface area contributed by atoms with Crippen molar-refractivity contribution in [3.05, 3.63) is 69.5 Å². The fraction of sp³-hybridized carbons (Fsp3) is 0.0952. The highest BCUT2D eigenvalue weighted by atomic mass is 35.5. The summed E-state index contributed by atoms with van der Waals surface area (Å²) in [4.78, 5) is 17.2. The zero-order valence-electron chi connectivity index (χ0n) is 15.8. The van der Waals surface area contributed by atoms with Crippen LogP contribution in [0.3, 0.4) is 0 Å². The number of hydrogen-bond donors (Lipinski definition) is 1. The third kappa shape index (κ3) is 4.48. The number of ether oxygens (including phenoxy) is 1. The highest BCUT2D eigenvalue weighted by molar-refractivity contribution is 7.15. The maximum absolute atomic E-state index is 12.3. The average Bonchev–Trinajstić information content (AvgIpc) is 3.28. The van der Waals surface area contributed by atoms with Gasteiger partial charge in [-0.25, -0.2) is 4.52 Å². The van der Waals surface area contributed by atoms with Gasteiger partial charge in [-0.1, -0.05) is 35.3 Å². The number of carbonyl (C=O) groups excluding carboxylic acids is 1. The predicted molar refractivity (Wildman–Crippen MR) is 122 cm³/mol. The van der Waals surface area contributed by atoms with Crippen molar-refractivity contribution >= 4 is 57.4 Å². The van der Waals surface area contributed by atoms with Gasteiger partial charge in [-0.15, -0.1) is 16.4 Å². The van der Waals surface area contributed by atoms with Gasteiger partial charge in [0.1, 0.15) is 5.75 Å². The van der Waals surface area contributed by atoms with Gasteiger partial charge in [0.25, 0.3) is 11.9 Å². The molecule has 0 saturated carbocycles. The topological polar surface area (TPSA) is 68.5 Å². The van der Waals surface area contributed by atoms with E-state index >= 15 is 0 Å². The number of carbonyl (C=O) groups is 1. The quantitative estimate of drug-likeness (QED) is 0.369. The van der Waals surface area contributed by atoms with Crippen molar-refractivity contribution in [1.82, 2.24) is 14.6 Å². The smallest absolute Gasteiger partial charge is 0.250 e. The zero-order chi connectivity index (χ0) is 21.1. The minimum Gasteiger partial charge on any atom is -0.494 e. The minimum absolute atomic E-state index is 0.217. The maximum Gasteiger partial charge on any atom is 0.250 e. The van der Waals surface area contributed by atoms with E-state index in [1.54, 1.807) is 22.7 Å². The fourth-order valence-electron chi connectivity index (χ4n) is 2.78. The molecule has 1 N–H and O–H groups in total. The number of anilines is 1. The molecular formula is C21H16Cl2N4O2S. The first-order chi connectivity index (χ1) is 14.5. The number of amides is 1. The molecule has 2 heterocycles. The molecule has 2 aromatic heterocycles. The Bertz CT molecular complexity index is 1230. The number of nitrogens with zero attached hydrogens (tertiary/aromatic N) is 3. The van der Waals surface area contributed by atoms with Crippen molar-refractivity contribution in [3.63, 3.8) is 0 Å². The van der Waals surface area contributed by atoms with Gasteiger partial charge in [0, 0.05) is 22.0 Å². The Morgan fingerprint density at radius 1 is 1.23 bits per heavy atom.